The van der Waals surface area contributed by atoms with Crippen LogP contribution in [0.4, 0.5) is 16.2 Å². The molecule has 3 aromatic carbocycles. The largest absolute Gasteiger partial charge is 0.469 e. The lowest BCUT2D eigenvalue weighted by Crippen LogP contribution is -2.28. The van der Waals surface area contributed by atoms with Crippen LogP contribution in [0.2, 0.25) is 0 Å². The van der Waals surface area contributed by atoms with Gasteiger partial charge >= 0.3 is 12.1 Å². The van der Waals surface area contributed by atoms with Crippen LogP contribution in [0.15, 0.2) is 71.8 Å². The minimum atomic E-state index is -0.557. The van der Waals surface area contributed by atoms with Crippen molar-refractivity contribution in [2.75, 3.05) is 25.7 Å². The van der Waals surface area contributed by atoms with Crippen LogP contribution >= 0.6 is 0 Å². The second kappa shape index (κ2) is 9.46. The standard InChI is InChI=1S/C25H22N4O4/c1-29(18-12-16(13-24(30)32-2)11-17(14-18)27-28-26)25(31)33-15-23-21-9-5-3-7-19(21)20-8-4-6-10-22(20)23/h3-12,14,23H,13,15H2,1-2H3. The Kier molecular flexibility index (Phi) is 6.29. The first-order chi connectivity index (χ1) is 16.0. The number of amides is 1. The van der Waals surface area contributed by atoms with Gasteiger partial charge < -0.3 is 9.47 Å². The van der Waals surface area contributed by atoms with Crippen LogP contribution in [0, 0.1) is 0 Å². The van der Waals surface area contributed by atoms with Crippen LogP contribution in [-0.2, 0) is 20.7 Å². The van der Waals surface area contributed by atoms with Crippen molar-refractivity contribution in [2.24, 2.45) is 5.11 Å². The molecule has 8 nitrogen and oxygen atoms in total. The number of benzene rings is 3. The summed E-state index contributed by atoms with van der Waals surface area (Å²) in [5.41, 5.74) is 14.6. The predicted molar refractivity (Wildman–Crippen MR) is 124 cm³/mol. The molecule has 166 valence electrons. The monoisotopic (exact) mass is 442 g/mol. The predicted octanol–water partition coefficient (Wildman–Crippen LogP) is 5.73. The van der Waals surface area contributed by atoms with E-state index in [4.69, 9.17) is 15.0 Å². The smallest absolute Gasteiger partial charge is 0.414 e. The summed E-state index contributed by atoms with van der Waals surface area (Å²) in [4.78, 5) is 28.7. The van der Waals surface area contributed by atoms with Gasteiger partial charge in [0, 0.05) is 29.3 Å². The minimum absolute atomic E-state index is 0.0170. The Hall–Kier alpha value is -4.29. The van der Waals surface area contributed by atoms with E-state index in [-0.39, 0.29) is 24.6 Å². The van der Waals surface area contributed by atoms with E-state index in [0.717, 1.165) is 22.3 Å². The molecular formula is C25H22N4O4. The van der Waals surface area contributed by atoms with Crippen LogP contribution in [-0.4, -0.2) is 32.8 Å². The average molecular weight is 442 g/mol. The summed E-state index contributed by atoms with van der Waals surface area (Å²) in [5, 5.41) is 3.61. The number of fused-ring (bicyclic) bond motifs is 3. The number of carbonyl (C=O) groups is 2. The molecule has 0 heterocycles. The molecule has 1 aliphatic rings. The zero-order valence-electron chi connectivity index (χ0n) is 18.3. The van der Waals surface area contributed by atoms with Crippen molar-refractivity contribution >= 4 is 23.4 Å². The molecule has 0 unspecified atom stereocenters. The molecule has 8 heteroatoms. The number of esters is 1. The lowest BCUT2D eigenvalue weighted by Gasteiger charge is -2.21. The lowest BCUT2D eigenvalue weighted by molar-refractivity contribution is -0.139. The van der Waals surface area contributed by atoms with Gasteiger partial charge in [-0.1, -0.05) is 53.6 Å². The quantitative estimate of drug-likeness (QED) is 0.210. The summed E-state index contributed by atoms with van der Waals surface area (Å²) in [6.45, 7) is 0.183. The summed E-state index contributed by atoms with van der Waals surface area (Å²) in [5.74, 6) is -0.498. The van der Waals surface area contributed by atoms with Crippen molar-refractivity contribution < 1.29 is 19.1 Å². The van der Waals surface area contributed by atoms with Crippen LogP contribution in [0.5, 0.6) is 0 Å². The van der Waals surface area contributed by atoms with Gasteiger partial charge in [-0.25, -0.2) is 4.79 Å². The number of hydrogen-bond acceptors (Lipinski definition) is 5. The molecule has 1 amide bonds. The fourth-order valence-electron chi connectivity index (χ4n) is 4.10. The maximum Gasteiger partial charge on any atom is 0.414 e. The molecule has 0 aromatic heterocycles. The van der Waals surface area contributed by atoms with Crippen LogP contribution in [0.3, 0.4) is 0 Å². The number of nitrogens with zero attached hydrogens (tertiary/aromatic N) is 4. The maximum absolute atomic E-state index is 12.9. The van der Waals surface area contributed by atoms with Crippen LogP contribution < -0.4 is 4.90 Å². The van der Waals surface area contributed by atoms with Gasteiger partial charge in [-0.3, -0.25) is 9.69 Å². The molecule has 3 aromatic rings. The first-order valence-corrected chi connectivity index (χ1v) is 10.4. The van der Waals surface area contributed by atoms with Gasteiger partial charge in [0.2, 0.25) is 0 Å². The van der Waals surface area contributed by atoms with Crippen molar-refractivity contribution in [1.82, 2.24) is 0 Å². The van der Waals surface area contributed by atoms with Crippen molar-refractivity contribution in [2.45, 2.75) is 12.3 Å². The Morgan fingerprint density at radius 2 is 1.67 bits per heavy atom. The highest BCUT2D eigenvalue weighted by Gasteiger charge is 2.29. The highest BCUT2D eigenvalue weighted by Crippen LogP contribution is 2.44. The van der Waals surface area contributed by atoms with Gasteiger partial charge in [-0.2, -0.15) is 0 Å². The lowest BCUT2D eigenvalue weighted by atomic mass is 9.98. The Balaban J connectivity index is 1.54. The molecule has 0 radical (unpaired) electrons. The average Bonchev–Trinajstić information content (AvgIpc) is 3.15. The summed E-state index contributed by atoms with van der Waals surface area (Å²) in [7, 11) is 2.86. The summed E-state index contributed by atoms with van der Waals surface area (Å²) >= 11 is 0. The number of ether oxygens (including phenoxy) is 2. The summed E-state index contributed by atoms with van der Waals surface area (Å²) in [6.07, 6.45) is -0.574. The third-order valence-electron chi connectivity index (χ3n) is 5.70. The molecule has 0 aliphatic heterocycles. The van der Waals surface area contributed by atoms with E-state index < -0.39 is 12.1 Å². The highest BCUT2D eigenvalue weighted by molar-refractivity contribution is 5.88. The molecule has 33 heavy (non-hydrogen) atoms. The zero-order valence-corrected chi connectivity index (χ0v) is 18.3. The van der Waals surface area contributed by atoms with Crippen molar-refractivity contribution in [1.29, 1.82) is 0 Å². The van der Waals surface area contributed by atoms with E-state index in [0.29, 0.717) is 11.3 Å². The highest BCUT2D eigenvalue weighted by atomic mass is 16.6. The SMILES string of the molecule is COC(=O)Cc1cc(N=[N+]=[N-])cc(N(C)C(=O)OCC2c3ccccc3-c3ccccc32)c1. The van der Waals surface area contributed by atoms with Crippen molar-refractivity contribution in [3.05, 3.63) is 93.9 Å². The van der Waals surface area contributed by atoms with Crippen molar-refractivity contribution in [3.63, 3.8) is 0 Å². The van der Waals surface area contributed by atoms with Crippen LogP contribution in [0.1, 0.15) is 22.6 Å². The van der Waals surface area contributed by atoms with Gasteiger partial charge in [-0.05, 0) is 51.5 Å². The van der Waals surface area contributed by atoms with Gasteiger partial charge in [0.25, 0.3) is 0 Å². The summed E-state index contributed by atoms with van der Waals surface area (Å²) in [6, 6.07) is 21.0. The normalized spacial score (nSPS) is 11.7. The fourth-order valence-corrected chi connectivity index (χ4v) is 4.10. The molecule has 0 saturated carbocycles. The number of carbonyl (C=O) groups excluding carboxylic acids is 2. The maximum atomic E-state index is 12.9. The van der Waals surface area contributed by atoms with E-state index >= 15 is 0 Å². The molecule has 1 aliphatic carbocycles. The number of hydrogen-bond donors (Lipinski definition) is 0. The topological polar surface area (TPSA) is 105 Å². The van der Waals surface area contributed by atoms with Gasteiger partial charge in [0.1, 0.15) is 6.61 Å². The molecule has 0 atom stereocenters. The number of anilines is 1. The molecule has 0 bridgehead atoms. The van der Waals surface area contributed by atoms with Gasteiger partial charge in [0.15, 0.2) is 0 Å². The minimum Gasteiger partial charge on any atom is -0.469 e. The van der Waals surface area contributed by atoms with E-state index in [1.165, 1.54) is 12.0 Å². The van der Waals surface area contributed by atoms with Gasteiger partial charge in [-0.15, -0.1) is 0 Å². The van der Waals surface area contributed by atoms with E-state index in [1.807, 2.05) is 24.3 Å². The molecule has 0 saturated heterocycles. The van der Waals surface area contributed by atoms with E-state index in [2.05, 4.69) is 34.3 Å². The first-order valence-electron chi connectivity index (χ1n) is 10.4. The number of rotatable bonds is 6. The van der Waals surface area contributed by atoms with E-state index in [1.54, 1.807) is 25.2 Å². The molecule has 0 N–H and O–H groups in total. The number of azide groups is 1. The van der Waals surface area contributed by atoms with E-state index in [9.17, 15) is 9.59 Å². The zero-order chi connectivity index (χ0) is 23.4. The Morgan fingerprint density at radius 3 is 2.27 bits per heavy atom. The Morgan fingerprint density at radius 1 is 1.03 bits per heavy atom. The Bertz CT molecular complexity index is 1220. The molecular weight excluding hydrogens is 420 g/mol. The van der Waals surface area contributed by atoms with Crippen LogP contribution in [0.25, 0.3) is 21.6 Å². The summed E-state index contributed by atoms with van der Waals surface area (Å²) < 4.78 is 10.4. The number of methoxy groups -OCH3 is 1. The second-order valence-corrected chi connectivity index (χ2v) is 7.66. The fraction of sp³-hybridized carbons (Fsp3) is 0.200. The second-order valence-electron chi connectivity index (χ2n) is 7.66. The first kappa shape index (κ1) is 21.9. The molecule has 0 spiro atoms. The third kappa shape index (κ3) is 4.51. The third-order valence-corrected chi connectivity index (χ3v) is 5.70. The Labute approximate surface area is 191 Å². The van der Waals surface area contributed by atoms with Gasteiger partial charge in [0.05, 0.1) is 13.5 Å². The molecule has 4 rings (SSSR count). The molecule has 0 fully saturated rings. The van der Waals surface area contributed by atoms with Crippen molar-refractivity contribution in [3.8, 4) is 11.1 Å².